The molecule has 0 radical (unpaired) electrons. The van der Waals surface area contributed by atoms with Crippen LogP contribution in [0.25, 0.3) is 0 Å². The first kappa shape index (κ1) is 15.9. The summed E-state index contributed by atoms with van der Waals surface area (Å²) in [4.78, 5) is 2.36. The van der Waals surface area contributed by atoms with E-state index >= 15 is 0 Å². The molecule has 1 fully saturated rings. The molecule has 0 aliphatic heterocycles. The van der Waals surface area contributed by atoms with Crippen LogP contribution in [0.4, 0.5) is 0 Å². The highest BCUT2D eigenvalue weighted by atomic mass is 16.3. The summed E-state index contributed by atoms with van der Waals surface area (Å²) < 4.78 is 0. The smallest absolute Gasteiger partial charge is 0.0667 e. The van der Waals surface area contributed by atoms with Crippen molar-refractivity contribution in [3.8, 4) is 0 Å². The maximum Gasteiger partial charge on any atom is 0.0667 e. The third-order valence-electron chi connectivity index (χ3n) is 4.21. The van der Waals surface area contributed by atoms with E-state index in [9.17, 15) is 5.11 Å². The van der Waals surface area contributed by atoms with E-state index in [2.05, 4.69) is 31.1 Å². The summed E-state index contributed by atoms with van der Waals surface area (Å²) in [5.41, 5.74) is 0. The molecule has 0 aromatic carbocycles. The highest BCUT2D eigenvalue weighted by Gasteiger charge is 2.18. The van der Waals surface area contributed by atoms with Gasteiger partial charge >= 0.3 is 0 Å². The lowest BCUT2D eigenvalue weighted by molar-refractivity contribution is 0.140. The summed E-state index contributed by atoms with van der Waals surface area (Å²) in [6.45, 7) is 7.35. The highest BCUT2D eigenvalue weighted by molar-refractivity contribution is 4.72. The molecule has 1 saturated carbocycles. The quantitative estimate of drug-likeness (QED) is 0.621. The van der Waals surface area contributed by atoms with E-state index < -0.39 is 0 Å². The fourth-order valence-electron chi connectivity index (χ4n) is 2.69. The second-order valence-corrected chi connectivity index (χ2v) is 6.17. The molecule has 1 rings (SSSR count). The molecule has 0 saturated heterocycles. The SMILES string of the molecule is CC(C)N(C)CCCNCC(O)CC1CCCC1. The molecule has 0 aromatic heterocycles. The van der Waals surface area contributed by atoms with Gasteiger partial charge in [-0.25, -0.2) is 0 Å². The first-order valence-electron chi connectivity index (χ1n) is 7.68. The molecule has 3 nitrogen and oxygen atoms in total. The van der Waals surface area contributed by atoms with Gasteiger partial charge in [-0.05, 0) is 52.7 Å². The molecular formula is C15H32N2O. The molecule has 0 spiro atoms. The number of aliphatic hydroxyl groups is 1. The van der Waals surface area contributed by atoms with E-state index in [-0.39, 0.29) is 6.10 Å². The minimum Gasteiger partial charge on any atom is -0.392 e. The van der Waals surface area contributed by atoms with Gasteiger partial charge in [0.1, 0.15) is 0 Å². The Morgan fingerprint density at radius 3 is 2.56 bits per heavy atom. The van der Waals surface area contributed by atoms with Gasteiger partial charge in [-0.1, -0.05) is 25.7 Å². The normalized spacial score (nSPS) is 19.0. The van der Waals surface area contributed by atoms with Crippen molar-refractivity contribution < 1.29 is 5.11 Å². The average molecular weight is 256 g/mol. The minimum atomic E-state index is -0.143. The van der Waals surface area contributed by atoms with Gasteiger partial charge in [0.05, 0.1) is 6.10 Å². The van der Waals surface area contributed by atoms with Crippen molar-refractivity contribution in [2.45, 2.75) is 64.5 Å². The molecular weight excluding hydrogens is 224 g/mol. The third-order valence-corrected chi connectivity index (χ3v) is 4.21. The van der Waals surface area contributed by atoms with Gasteiger partial charge in [-0.2, -0.15) is 0 Å². The number of rotatable bonds is 9. The number of nitrogens with one attached hydrogen (secondary N) is 1. The first-order valence-corrected chi connectivity index (χ1v) is 7.68. The summed E-state index contributed by atoms with van der Waals surface area (Å²) in [6, 6.07) is 0.623. The number of hydrogen-bond donors (Lipinski definition) is 2. The topological polar surface area (TPSA) is 35.5 Å². The van der Waals surface area contributed by atoms with E-state index in [0.29, 0.717) is 6.04 Å². The van der Waals surface area contributed by atoms with E-state index in [1.807, 2.05) is 0 Å². The largest absolute Gasteiger partial charge is 0.392 e. The zero-order valence-electron chi connectivity index (χ0n) is 12.5. The van der Waals surface area contributed by atoms with E-state index in [0.717, 1.165) is 38.4 Å². The Hall–Kier alpha value is -0.120. The summed E-state index contributed by atoms with van der Waals surface area (Å²) >= 11 is 0. The summed E-state index contributed by atoms with van der Waals surface area (Å²) in [5, 5.41) is 13.3. The molecule has 2 N–H and O–H groups in total. The molecule has 1 aliphatic rings. The minimum absolute atomic E-state index is 0.143. The third kappa shape index (κ3) is 6.72. The zero-order valence-corrected chi connectivity index (χ0v) is 12.5. The first-order chi connectivity index (χ1) is 8.59. The second-order valence-electron chi connectivity index (χ2n) is 6.17. The molecule has 1 aliphatic carbocycles. The number of hydrogen-bond acceptors (Lipinski definition) is 3. The molecule has 3 heteroatoms. The lowest BCUT2D eigenvalue weighted by Gasteiger charge is -2.21. The fraction of sp³-hybridized carbons (Fsp3) is 1.00. The van der Waals surface area contributed by atoms with E-state index in [4.69, 9.17) is 0 Å². The zero-order chi connectivity index (χ0) is 13.4. The Kier molecular flexibility index (Phi) is 7.87. The van der Waals surface area contributed by atoms with E-state index in [1.54, 1.807) is 0 Å². The van der Waals surface area contributed by atoms with Gasteiger partial charge in [0.25, 0.3) is 0 Å². The predicted molar refractivity (Wildman–Crippen MR) is 77.8 cm³/mol. The van der Waals surface area contributed by atoms with Crippen molar-refractivity contribution in [1.29, 1.82) is 0 Å². The van der Waals surface area contributed by atoms with Gasteiger partial charge in [0.2, 0.25) is 0 Å². The Morgan fingerprint density at radius 2 is 1.94 bits per heavy atom. The van der Waals surface area contributed by atoms with Crippen LogP contribution >= 0.6 is 0 Å². The van der Waals surface area contributed by atoms with Crippen molar-refractivity contribution in [3.05, 3.63) is 0 Å². The molecule has 1 unspecified atom stereocenters. The van der Waals surface area contributed by atoms with Crippen molar-refractivity contribution in [2.24, 2.45) is 5.92 Å². The van der Waals surface area contributed by atoms with Crippen LogP contribution < -0.4 is 5.32 Å². The summed E-state index contributed by atoms with van der Waals surface area (Å²) in [5.74, 6) is 0.786. The van der Waals surface area contributed by atoms with Crippen molar-refractivity contribution in [1.82, 2.24) is 10.2 Å². The van der Waals surface area contributed by atoms with Gasteiger partial charge in [-0.15, -0.1) is 0 Å². The van der Waals surface area contributed by atoms with Crippen LogP contribution in [0.15, 0.2) is 0 Å². The Bertz CT molecular complexity index is 203. The van der Waals surface area contributed by atoms with Crippen LogP contribution in [0, 0.1) is 5.92 Å². The summed E-state index contributed by atoms with van der Waals surface area (Å²) in [7, 11) is 2.17. The Balaban J connectivity index is 1.93. The van der Waals surface area contributed by atoms with Crippen LogP contribution in [0.2, 0.25) is 0 Å². The predicted octanol–water partition coefficient (Wildman–Crippen LogP) is 2.25. The monoisotopic (exact) mass is 256 g/mol. The average Bonchev–Trinajstić information content (AvgIpc) is 2.80. The fourth-order valence-corrected chi connectivity index (χ4v) is 2.69. The van der Waals surface area contributed by atoms with E-state index in [1.165, 1.54) is 25.7 Å². The Labute approximate surface area is 113 Å². The lowest BCUT2D eigenvalue weighted by Crippen LogP contribution is -2.32. The number of aliphatic hydroxyl groups excluding tert-OH is 1. The maximum atomic E-state index is 9.93. The van der Waals surface area contributed by atoms with Gasteiger partial charge < -0.3 is 15.3 Å². The van der Waals surface area contributed by atoms with Crippen molar-refractivity contribution in [2.75, 3.05) is 26.7 Å². The van der Waals surface area contributed by atoms with Crippen LogP contribution in [-0.2, 0) is 0 Å². The van der Waals surface area contributed by atoms with Crippen LogP contribution in [-0.4, -0.2) is 48.8 Å². The van der Waals surface area contributed by atoms with Crippen LogP contribution in [0.5, 0.6) is 0 Å². The van der Waals surface area contributed by atoms with Gasteiger partial charge in [0.15, 0.2) is 0 Å². The van der Waals surface area contributed by atoms with Crippen LogP contribution in [0.1, 0.15) is 52.4 Å². The molecule has 108 valence electrons. The summed E-state index contributed by atoms with van der Waals surface area (Å²) in [6.07, 6.45) is 7.41. The second kappa shape index (κ2) is 8.89. The highest BCUT2D eigenvalue weighted by Crippen LogP contribution is 2.28. The van der Waals surface area contributed by atoms with Crippen molar-refractivity contribution in [3.63, 3.8) is 0 Å². The maximum absolute atomic E-state index is 9.93. The van der Waals surface area contributed by atoms with Crippen molar-refractivity contribution >= 4 is 0 Å². The molecule has 0 bridgehead atoms. The lowest BCUT2D eigenvalue weighted by atomic mass is 10.0. The van der Waals surface area contributed by atoms with Gasteiger partial charge in [0, 0.05) is 12.6 Å². The van der Waals surface area contributed by atoms with Crippen LogP contribution in [0.3, 0.4) is 0 Å². The molecule has 0 amide bonds. The standard InChI is InChI=1S/C15H32N2O/c1-13(2)17(3)10-6-9-16-12-15(18)11-14-7-4-5-8-14/h13-16,18H,4-12H2,1-3H3. The molecule has 1 atom stereocenters. The van der Waals surface area contributed by atoms with Gasteiger partial charge in [-0.3, -0.25) is 0 Å². The number of nitrogens with zero attached hydrogens (tertiary/aromatic N) is 1. The Morgan fingerprint density at radius 1 is 1.28 bits per heavy atom. The molecule has 0 aromatic rings. The molecule has 0 heterocycles. The molecule has 18 heavy (non-hydrogen) atoms.